The van der Waals surface area contributed by atoms with Gasteiger partial charge in [0.05, 0.1) is 16.8 Å². The molecular formula is C21H18ClF3N4OS2. The summed E-state index contributed by atoms with van der Waals surface area (Å²) in [4.78, 5) is 23.5. The third kappa shape index (κ3) is 5.81. The van der Waals surface area contributed by atoms with Crippen LogP contribution in [-0.4, -0.2) is 32.7 Å². The van der Waals surface area contributed by atoms with Crippen LogP contribution in [0.1, 0.15) is 6.42 Å². The summed E-state index contributed by atoms with van der Waals surface area (Å²) in [5, 5.41) is 0.315. The normalized spacial score (nSPS) is 10.8. The number of fused-ring (bicyclic) bond motifs is 1. The third-order valence-electron chi connectivity index (χ3n) is 4.47. The van der Waals surface area contributed by atoms with Gasteiger partial charge >= 0.3 is 0 Å². The van der Waals surface area contributed by atoms with E-state index in [9.17, 15) is 18.0 Å². The van der Waals surface area contributed by atoms with Crippen molar-refractivity contribution in [2.24, 2.45) is 0 Å². The first-order valence-electron chi connectivity index (χ1n) is 9.39. The Bertz CT molecular complexity index is 1190. The maximum absolute atomic E-state index is 14.1. The summed E-state index contributed by atoms with van der Waals surface area (Å²) in [5.74, 6) is -1.92. The van der Waals surface area contributed by atoms with Crippen LogP contribution in [0.25, 0.3) is 10.2 Å². The summed E-state index contributed by atoms with van der Waals surface area (Å²) in [5.41, 5.74) is 0.0417. The quantitative estimate of drug-likeness (QED) is 0.299. The second-order valence-corrected chi connectivity index (χ2v) is 8.73. The summed E-state index contributed by atoms with van der Waals surface area (Å²) in [7, 11) is 0. The average molecular weight is 499 g/mol. The van der Waals surface area contributed by atoms with Gasteiger partial charge in [0.1, 0.15) is 17.2 Å². The van der Waals surface area contributed by atoms with E-state index in [1.807, 2.05) is 10.8 Å². The molecule has 2 aromatic heterocycles. The van der Waals surface area contributed by atoms with E-state index in [1.54, 1.807) is 24.7 Å². The molecule has 0 saturated carbocycles. The van der Waals surface area contributed by atoms with E-state index in [2.05, 4.69) is 9.97 Å². The van der Waals surface area contributed by atoms with Crippen LogP contribution in [0.4, 0.5) is 18.3 Å². The lowest BCUT2D eigenvalue weighted by atomic mass is 10.3. The van der Waals surface area contributed by atoms with E-state index >= 15 is 0 Å². The Morgan fingerprint density at radius 3 is 2.62 bits per heavy atom. The number of hydrogen-bond acceptors (Lipinski definition) is 5. The molecule has 0 radical (unpaired) electrons. The van der Waals surface area contributed by atoms with Crippen molar-refractivity contribution in [1.29, 1.82) is 0 Å². The minimum absolute atomic E-state index is 0. The van der Waals surface area contributed by atoms with E-state index in [0.717, 1.165) is 22.3 Å². The lowest BCUT2D eigenvalue weighted by Gasteiger charge is -2.20. The number of halogens is 4. The number of benzene rings is 2. The van der Waals surface area contributed by atoms with Gasteiger partial charge in [-0.15, -0.1) is 24.2 Å². The summed E-state index contributed by atoms with van der Waals surface area (Å²) < 4.78 is 43.0. The summed E-state index contributed by atoms with van der Waals surface area (Å²) in [6.45, 7) is 0.994. The van der Waals surface area contributed by atoms with Crippen LogP contribution < -0.4 is 4.90 Å². The second kappa shape index (κ2) is 10.8. The number of nitrogens with zero attached hydrogens (tertiary/aromatic N) is 4. The second-order valence-electron chi connectivity index (χ2n) is 6.67. The SMILES string of the molecule is Cl.O=C(CSc1ccc(F)cc1)N(CCCn1ccnc1)c1nc2c(F)cc(F)cc2s1. The molecule has 0 unspecified atom stereocenters. The predicted octanol–water partition coefficient (Wildman–Crippen LogP) is 5.55. The van der Waals surface area contributed by atoms with Crippen LogP contribution in [0.15, 0.2) is 60.0 Å². The maximum atomic E-state index is 14.1. The van der Waals surface area contributed by atoms with E-state index in [0.29, 0.717) is 29.3 Å². The van der Waals surface area contributed by atoms with Gasteiger partial charge in [0, 0.05) is 36.4 Å². The fraction of sp³-hybridized carbons (Fsp3) is 0.190. The van der Waals surface area contributed by atoms with Crippen molar-refractivity contribution >= 4 is 56.8 Å². The highest BCUT2D eigenvalue weighted by Gasteiger charge is 2.21. The minimum atomic E-state index is -0.760. The van der Waals surface area contributed by atoms with Gasteiger partial charge < -0.3 is 4.57 Å². The van der Waals surface area contributed by atoms with Gasteiger partial charge in [0.2, 0.25) is 5.91 Å². The van der Waals surface area contributed by atoms with Crippen LogP contribution in [-0.2, 0) is 11.3 Å². The molecule has 11 heteroatoms. The Morgan fingerprint density at radius 2 is 1.91 bits per heavy atom. The molecule has 4 rings (SSSR count). The smallest absolute Gasteiger partial charge is 0.239 e. The number of anilines is 1. The Labute approximate surface area is 196 Å². The van der Waals surface area contributed by atoms with Crippen molar-refractivity contribution in [1.82, 2.24) is 14.5 Å². The number of carbonyl (C=O) groups excluding carboxylic acids is 1. The van der Waals surface area contributed by atoms with Crippen LogP contribution in [0.3, 0.4) is 0 Å². The molecule has 2 heterocycles. The zero-order valence-electron chi connectivity index (χ0n) is 16.6. The molecule has 0 aliphatic heterocycles. The minimum Gasteiger partial charge on any atom is -0.337 e. The van der Waals surface area contributed by atoms with Crippen molar-refractivity contribution < 1.29 is 18.0 Å². The first kappa shape index (κ1) is 24.1. The Morgan fingerprint density at radius 1 is 1.12 bits per heavy atom. The van der Waals surface area contributed by atoms with Crippen molar-refractivity contribution in [3.63, 3.8) is 0 Å². The number of amides is 1. The van der Waals surface area contributed by atoms with Gasteiger partial charge in [-0.3, -0.25) is 9.69 Å². The lowest BCUT2D eigenvalue weighted by Crippen LogP contribution is -2.33. The van der Waals surface area contributed by atoms with Gasteiger partial charge in [-0.25, -0.2) is 23.1 Å². The summed E-state index contributed by atoms with van der Waals surface area (Å²) >= 11 is 2.34. The van der Waals surface area contributed by atoms with E-state index in [1.165, 1.54) is 34.9 Å². The molecule has 0 aliphatic rings. The number of thiazole rings is 1. The number of rotatable bonds is 8. The Hall–Kier alpha value is -2.56. The van der Waals surface area contributed by atoms with Crippen molar-refractivity contribution in [2.75, 3.05) is 17.2 Å². The molecule has 0 spiro atoms. The molecule has 0 bridgehead atoms. The van der Waals surface area contributed by atoms with Crippen molar-refractivity contribution in [3.8, 4) is 0 Å². The molecule has 0 saturated heterocycles. The first-order chi connectivity index (χ1) is 15.0. The Kier molecular flexibility index (Phi) is 8.16. The molecule has 4 aromatic rings. The zero-order valence-corrected chi connectivity index (χ0v) is 19.0. The number of aromatic nitrogens is 3. The largest absolute Gasteiger partial charge is 0.337 e. The van der Waals surface area contributed by atoms with Crippen molar-refractivity contribution in [2.45, 2.75) is 17.9 Å². The molecule has 1 amide bonds. The number of imidazole rings is 1. The highest BCUT2D eigenvalue weighted by atomic mass is 35.5. The predicted molar refractivity (Wildman–Crippen MR) is 123 cm³/mol. The van der Waals surface area contributed by atoms with Crippen LogP contribution in [0, 0.1) is 17.5 Å². The van der Waals surface area contributed by atoms with E-state index in [-0.39, 0.29) is 35.4 Å². The molecule has 0 fully saturated rings. The number of aryl methyl sites for hydroxylation is 1. The molecule has 32 heavy (non-hydrogen) atoms. The molecular weight excluding hydrogens is 481 g/mol. The molecule has 0 N–H and O–H groups in total. The third-order valence-corrected chi connectivity index (χ3v) is 6.49. The number of thioether (sulfide) groups is 1. The molecule has 0 atom stereocenters. The van der Waals surface area contributed by atoms with E-state index in [4.69, 9.17) is 0 Å². The fourth-order valence-corrected chi connectivity index (χ4v) is 4.79. The highest BCUT2D eigenvalue weighted by molar-refractivity contribution is 8.00. The first-order valence-corrected chi connectivity index (χ1v) is 11.2. The Balaban J connectivity index is 0.00000289. The van der Waals surface area contributed by atoms with Gasteiger partial charge in [-0.2, -0.15) is 0 Å². The van der Waals surface area contributed by atoms with Crippen LogP contribution in [0.5, 0.6) is 0 Å². The monoisotopic (exact) mass is 498 g/mol. The van der Waals surface area contributed by atoms with Gasteiger partial charge in [0.25, 0.3) is 0 Å². The van der Waals surface area contributed by atoms with Gasteiger partial charge in [-0.1, -0.05) is 11.3 Å². The number of carbonyl (C=O) groups is 1. The lowest BCUT2D eigenvalue weighted by molar-refractivity contribution is -0.116. The number of hydrogen-bond donors (Lipinski definition) is 0. The van der Waals surface area contributed by atoms with Crippen LogP contribution >= 0.6 is 35.5 Å². The van der Waals surface area contributed by atoms with Gasteiger partial charge in [0.15, 0.2) is 10.9 Å². The average Bonchev–Trinajstić information content (AvgIpc) is 3.40. The van der Waals surface area contributed by atoms with Crippen molar-refractivity contribution in [3.05, 3.63) is 72.6 Å². The molecule has 5 nitrogen and oxygen atoms in total. The summed E-state index contributed by atoms with van der Waals surface area (Å²) in [6.07, 6.45) is 5.81. The standard InChI is InChI=1S/C21H17F3N4OS2.ClH/c22-14-2-4-16(5-3-14)30-12-19(29)28(8-1-7-27-9-6-25-13-27)21-26-20-17(24)10-15(23)11-18(20)31-21;/h2-6,9-11,13H,1,7-8,12H2;1H. The zero-order chi connectivity index (χ0) is 21.8. The van der Waals surface area contributed by atoms with E-state index < -0.39 is 11.6 Å². The van der Waals surface area contributed by atoms with Gasteiger partial charge in [-0.05, 0) is 36.8 Å². The molecule has 0 aliphatic carbocycles. The molecule has 2 aromatic carbocycles. The molecule has 168 valence electrons. The fourth-order valence-electron chi connectivity index (χ4n) is 2.97. The maximum Gasteiger partial charge on any atom is 0.239 e. The highest BCUT2D eigenvalue weighted by Crippen LogP contribution is 2.32. The topological polar surface area (TPSA) is 51.0 Å². The van der Waals surface area contributed by atoms with Crippen LogP contribution in [0.2, 0.25) is 0 Å². The summed E-state index contributed by atoms with van der Waals surface area (Å²) in [6, 6.07) is 7.86.